The van der Waals surface area contributed by atoms with Crippen LogP contribution >= 0.6 is 0 Å². The van der Waals surface area contributed by atoms with Crippen LogP contribution in [-0.4, -0.2) is 39.6 Å². The van der Waals surface area contributed by atoms with E-state index in [0.717, 1.165) is 6.08 Å². The van der Waals surface area contributed by atoms with Crippen LogP contribution in [0.5, 0.6) is 0 Å². The van der Waals surface area contributed by atoms with Crippen molar-refractivity contribution >= 4 is 16.1 Å². The Hall–Kier alpha value is -0.828. The molecule has 0 saturated carbocycles. The van der Waals surface area contributed by atoms with Crippen LogP contribution in [0.25, 0.3) is 0 Å². The van der Waals surface area contributed by atoms with Crippen molar-refractivity contribution in [3.05, 3.63) is 12.7 Å². The van der Waals surface area contributed by atoms with Gasteiger partial charge in [-0.1, -0.05) is 6.58 Å². The number of carbonyl (C=O) groups excluding carboxylic acids is 1. The van der Waals surface area contributed by atoms with Gasteiger partial charge in [-0.15, -0.1) is 0 Å². The summed E-state index contributed by atoms with van der Waals surface area (Å²) in [6.07, 6.45) is 0.907. The Morgan fingerprint density at radius 3 is 2.00 bits per heavy atom. The van der Waals surface area contributed by atoms with Gasteiger partial charge < -0.3 is 4.74 Å². The molecule has 0 bridgehead atoms. The molecule has 0 rings (SSSR count). The Labute approximate surface area is 93.5 Å². The van der Waals surface area contributed by atoms with Gasteiger partial charge >= 0.3 is 35.5 Å². The molecule has 0 heterocycles. The molecule has 0 atom stereocenters. The van der Waals surface area contributed by atoms with Crippen molar-refractivity contribution in [1.29, 1.82) is 0 Å². The molecule has 16 heavy (non-hydrogen) atoms. The zero-order valence-electron chi connectivity index (χ0n) is 7.81. The van der Waals surface area contributed by atoms with Crippen molar-refractivity contribution < 1.29 is 52.0 Å². The van der Waals surface area contributed by atoms with Crippen LogP contribution in [0.1, 0.15) is 0 Å². The van der Waals surface area contributed by atoms with Crippen molar-refractivity contribution in [2.24, 2.45) is 0 Å². The number of rotatable bonds is 4. The van der Waals surface area contributed by atoms with Crippen molar-refractivity contribution in [2.45, 2.75) is 0 Å². The predicted octanol–water partition coefficient (Wildman–Crippen LogP) is -1.75. The number of ether oxygens (including phenoxy) is 1. The first kappa shape index (κ1) is 17.6. The molecule has 0 aromatic rings. The van der Waals surface area contributed by atoms with Crippen molar-refractivity contribution in [3.63, 3.8) is 0 Å². The zero-order chi connectivity index (χ0) is 13.4. The Bertz CT molecular complexity index is 411. The molecule has 0 unspecified atom stereocenters. The monoisotopic (exact) mass is 298 g/mol. The molecule has 3 N–H and O–H groups in total. The summed E-state index contributed by atoms with van der Waals surface area (Å²) in [4.78, 5) is 10.3. The molecule has 0 aromatic heterocycles. The molecule has 0 aliphatic rings. The van der Waals surface area contributed by atoms with Crippen LogP contribution in [-0.2, 0) is 40.9 Å². The normalized spacial score (nSPS) is 10.9. The summed E-state index contributed by atoms with van der Waals surface area (Å²) in [5, 5.41) is 0. The van der Waals surface area contributed by atoms with Crippen LogP contribution in [0.15, 0.2) is 12.7 Å². The molecule has 0 aromatic carbocycles. The molecule has 0 fully saturated rings. The minimum absolute atomic E-state index is 0.357. The maximum absolute atomic E-state index is 10.3. The summed E-state index contributed by atoms with van der Waals surface area (Å²) in [5.74, 6) is -1.30. The first-order valence-corrected chi connectivity index (χ1v) is 7.19. The number of esters is 1. The van der Waals surface area contributed by atoms with Gasteiger partial charge in [-0.05, 0) is 0 Å². The Morgan fingerprint density at radius 1 is 1.38 bits per heavy atom. The number of hydrogen-bond acceptors (Lipinski definition) is 6. The molecule has 0 saturated heterocycles. The molecule has 11 heteroatoms. The molecule has 0 aliphatic heterocycles. The third kappa shape index (κ3) is 29.2. The van der Waals surface area contributed by atoms with Crippen molar-refractivity contribution in [1.82, 2.24) is 0 Å². The van der Waals surface area contributed by atoms with Crippen LogP contribution < -0.4 is 0 Å². The molecule has 9 nitrogen and oxygen atoms in total. The molecule has 0 spiro atoms. The average molecular weight is 298 g/mol. The Morgan fingerprint density at radius 2 is 1.75 bits per heavy atom. The second-order valence-electron chi connectivity index (χ2n) is 2.11. The topological polar surface area (TPSA) is 155 Å². The summed E-state index contributed by atoms with van der Waals surface area (Å²) >= 11 is -5.25. The molecular formula is C5H10CrO9S. The fraction of sp³-hybridized carbons (Fsp3) is 0.400. The van der Waals surface area contributed by atoms with Crippen molar-refractivity contribution in [3.8, 4) is 0 Å². The molecule has 0 radical (unpaired) electrons. The Kier molecular flexibility index (Phi) is 8.17. The maximum atomic E-state index is 10.3. The quantitative estimate of drug-likeness (QED) is 0.311. The van der Waals surface area contributed by atoms with Gasteiger partial charge in [-0.3, -0.25) is 4.55 Å². The minimum atomic E-state index is -5.25. The van der Waals surface area contributed by atoms with Gasteiger partial charge in [0, 0.05) is 6.08 Å². The SMILES string of the molecule is C=CC(=O)OCCS(=O)(=O)O.[O]=[Cr](=[O])([OH])[OH]. The summed E-state index contributed by atoms with van der Waals surface area (Å²) in [6.45, 7) is 2.73. The van der Waals surface area contributed by atoms with E-state index in [1.165, 1.54) is 0 Å². The fourth-order valence-electron chi connectivity index (χ4n) is 0.306. The van der Waals surface area contributed by atoms with E-state index in [4.69, 9.17) is 20.5 Å². The van der Waals surface area contributed by atoms with Crippen LogP contribution in [0, 0.1) is 0 Å². The van der Waals surface area contributed by atoms with Gasteiger partial charge in [0.1, 0.15) is 12.4 Å². The first-order chi connectivity index (χ1) is 6.95. The second kappa shape index (κ2) is 7.45. The number of carbonyl (C=O) groups is 1. The molecule has 0 amide bonds. The van der Waals surface area contributed by atoms with Crippen molar-refractivity contribution in [2.75, 3.05) is 12.4 Å². The summed E-state index contributed by atoms with van der Waals surface area (Å²) in [6, 6.07) is 0. The van der Waals surface area contributed by atoms with E-state index < -0.39 is 35.5 Å². The van der Waals surface area contributed by atoms with Gasteiger partial charge in [0.2, 0.25) is 0 Å². The van der Waals surface area contributed by atoms with Crippen LogP contribution in [0.2, 0.25) is 0 Å². The zero-order valence-corrected chi connectivity index (χ0v) is 9.90. The van der Waals surface area contributed by atoms with E-state index >= 15 is 0 Å². The van der Waals surface area contributed by atoms with E-state index in [1.807, 2.05) is 0 Å². The van der Waals surface area contributed by atoms with Gasteiger partial charge in [-0.25, -0.2) is 4.79 Å². The first-order valence-electron chi connectivity index (χ1n) is 3.40. The molecular weight excluding hydrogens is 288 g/mol. The summed E-state index contributed by atoms with van der Waals surface area (Å²) in [5.41, 5.74) is 0. The van der Waals surface area contributed by atoms with E-state index in [9.17, 15) is 13.2 Å². The number of hydrogen-bond donors (Lipinski definition) is 3. The van der Waals surface area contributed by atoms with Crippen LogP contribution in [0.4, 0.5) is 0 Å². The van der Waals surface area contributed by atoms with Gasteiger partial charge in [-0.2, -0.15) is 8.42 Å². The van der Waals surface area contributed by atoms with E-state index in [2.05, 4.69) is 11.3 Å². The Balaban J connectivity index is 0. The van der Waals surface area contributed by atoms with Gasteiger partial charge in [0.05, 0.1) is 0 Å². The fourth-order valence-corrected chi connectivity index (χ4v) is 0.600. The predicted molar refractivity (Wildman–Crippen MR) is 43.4 cm³/mol. The third-order valence-electron chi connectivity index (χ3n) is 0.752. The molecule has 96 valence electrons. The van der Waals surface area contributed by atoms with E-state index in [0.29, 0.717) is 0 Å². The van der Waals surface area contributed by atoms with E-state index in [1.54, 1.807) is 0 Å². The molecule has 0 aliphatic carbocycles. The van der Waals surface area contributed by atoms with Gasteiger partial charge in [0.15, 0.2) is 0 Å². The van der Waals surface area contributed by atoms with Crippen LogP contribution in [0.3, 0.4) is 0 Å². The van der Waals surface area contributed by atoms with E-state index in [-0.39, 0.29) is 6.61 Å². The second-order valence-corrected chi connectivity index (χ2v) is 5.08. The average Bonchev–Trinajstić information content (AvgIpc) is 1.98. The van der Waals surface area contributed by atoms with Gasteiger partial charge in [0.25, 0.3) is 10.1 Å². The summed E-state index contributed by atoms with van der Waals surface area (Å²) in [7, 11) is -4.04. The standard InChI is InChI=1S/C5H8O5S.Cr.2H2O.2O/c1-2-5(6)10-3-4-11(7,8)9;;;;;/h2H,1,3-4H2,(H,7,8,9);;2*1H2;;/q;+2;;;;/p-2. The third-order valence-corrected chi connectivity index (χ3v) is 1.43. The summed E-state index contributed by atoms with van der Waals surface area (Å²) < 4.78 is 64.4.